The van der Waals surface area contributed by atoms with Gasteiger partial charge in [-0.25, -0.2) is 8.42 Å². The average molecular weight is 399 g/mol. The summed E-state index contributed by atoms with van der Waals surface area (Å²) in [5.41, 5.74) is 1.76. The van der Waals surface area contributed by atoms with Gasteiger partial charge < -0.3 is 5.32 Å². The lowest BCUT2D eigenvalue weighted by molar-refractivity contribution is -0.120. The fraction of sp³-hybridized carbons (Fsp3) is 0.353. The van der Waals surface area contributed by atoms with E-state index in [9.17, 15) is 13.2 Å². The van der Waals surface area contributed by atoms with Gasteiger partial charge in [-0.05, 0) is 44.0 Å². The van der Waals surface area contributed by atoms with Crippen LogP contribution in [0.5, 0.6) is 0 Å². The summed E-state index contributed by atoms with van der Waals surface area (Å²) in [7, 11) is -3.73. The smallest absolute Gasteiger partial charge is 0.253 e. The molecule has 2 heterocycles. The second kappa shape index (κ2) is 7.45. The van der Waals surface area contributed by atoms with Crippen molar-refractivity contribution >= 4 is 44.6 Å². The van der Waals surface area contributed by atoms with Crippen molar-refractivity contribution in [2.45, 2.75) is 36.4 Å². The maximum atomic E-state index is 12.9. The zero-order valence-corrected chi connectivity index (χ0v) is 16.1. The zero-order valence-electron chi connectivity index (χ0n) is 13.7. The van der Waals surface area contributed by atoms with E-state index in [1.165, 1.54) is 10.4 Å². The molecular weight excluding hydrogens is 380 g/mol. The summed E-state index contributed by atoms with van der Waals surface area (Å²) in [5, 5.41) is 2.83. The highest BCUT2D eigenvalue weighted by Gasteiger charge is 2.38. The fourth-order valence-electron chi connectivity index (χ4n) is 2.87. The zero-order chi connectivity index (χ0) is 18.0. The highest BCUT2D eigenvalue weighted by atomic mass is 35.5. The van der Waals surface area contributed by atoms with E-state index in [4.69, 9.17) is 11.6 Å². The van der Waals surface area contributed by atoms with Crippen LogP contribution in [-0.4, -0.2) is 31.2 Å². The number of hydrogen-bond acceptors (Lipinski definition) is 4. The first-order valence-electron chi connectivity index (χ1n) is 8.02. The van der Waals surface area contributed by atoms with E-state index in [0.29, 0.717) is 23.0 Å². The molecule has 0 saturated carbocycles. The Morgan fingerprint density at radius 3 is 2.56 bits per heavy atom. The standard InChI is InChI=1S/C17H19ClN2O3S2/c1-12-5-7-13(8-6-12)19-17(21)14-4-2-3-11-20(14)25(22,23)16-10-9-15(18)24-16/h5-10,14H,2-4,11H2,1H3,(H,19,21). The minimum Gasteiger partial charge on any atom is -0.325 e. The van der Waals surface area contributed by atoms with Crippen molar-refractivity contribution in [3.63, 3.8) is 0 Å². The minimum atomic E-state index is -3.73. The summed E-state index contributed by atoms with van der Waals surface area (Å²) >= 11 is 6.89. The van der Waals surface area contributed by atoms with E-state index in [1.54, 1.807) is 6.07 Å². The van der Waals surface area contributed by atoms with Crippen molar-refractivity contribution in [1.82, 2.24) is 4.31 Å². The van der Waals surface area contributed by atoms with Crippen LogP contribution in [0.25, 0.3) is 0 Å². The first kappa shape index (κ1) is 18.4. The molecule has 0 bridgehead atoms. The molecule has 3 rings (SSSR count). The highest BCUT2D eigenvalue weighted by Crippen LogP contribution is 2.32. The number of piperidine rings is 1. The van der Waals surface area contributed by atoms with Crippen LogP contribution in [-0.2, 0) is 14.8 Å². The highest BCUT2D eigenvalue weighted by molar-refractivity contribution is 7.91. The summed E-state index contributed by atoms with van der Waals surface area (Å²) in [6.07, 6.45) is 2.08. The summed E-state index contributed by atoms with van der Waals surface area (Å²) in [4.78, 5) is 12.7. The molecule has 0 aliphatic carbocycles. The first-order chi connectivity index (χ1) is 11.9. The third-order valence-corrected chi connectivity index (χ3v) is 7.79. The van der Waals surface area contributed by atoms with E-state index in [2.05, 4.69) is 5.32 Å². The van der Waals surface area contributed by atoms with Crippen molar-refractivity contribution in [1.29, 1.82) is 0 Å². The van der Waals surface area contributed by atoms with Crippen molar-refractivity contribution in [3.8, 4) is 0 Å². The number of halogens is 1. The Kier molecular flexibility index (Phi) is 5.48. The van der Waals surface area contributed by atoms with Crippen LogP contribution in [0.4, 0.5) is 5.69 Å². The lowest BCUT2D eigenvalue weighted by Gasteiger charge is -2.33. The number of thiophene rings is 1. The van der Waals surface area contributed by atoms with Crippen LogP contribution >= 0.6 is 22.9 Å². The minimum absolute atomic E-state index is 0.174. The molecule has 1 aromatic heterocycles. The molecule has 1 atom stereocenters. The third-order valence-electron chi connectivity index (χ3n) is 4.19. The van der Waals surface area contributed by atoms with Gasteiger partial charge in [0.1, 0.15) is 10.3 Å². The molecule has 1 aliphatic heterocycles. The van der Waals surface area contributed by atoms with Crippen molar-refractivity contribution in [2.75, 3.05) is 11.9 Å². The maximum absolute atomic E-state index is 12.9. The molecule has 1 amide bonds. The number of nitrogens with one attached hydrogen (secondary N) is 1. The van der Waals surface area contributed by atoms with Gasteiger partial charge >= 0.3 is 0 Å². The number of carbonyl (C=O) groups excluding carboxylic acids is 1. The van der Waals surface area contributed by atoms with Crippen LogP contribution in [0.15, 0.2) is 40.6 Å². The normalized spacial score (nSPS) is 18.9. The Hall–Kier alpha value is -1.41. The third kappa shape index (κ3) is 4.06. The van der Waals surface area contributed by atoms with Crippen molar-refractivity contribution in [2.24, 2.45) is 0 Å². The number of carbonyl (C=O) groups is 1. The number of nitrogens with zero attached hydrogens (tertiary/aromatic N) is 1. The molecule has 1 fully saturated rings. The van der Waals surface area contributed by atoms with Gasteiger partial charge in [-0.15, -0.1) is 11.3 Å². The van der Waals surface area contributed by atoms with Gasteiger partial charge in [0.05, 0.1) is 4.34 Å². The number of anilines is 1. The molecular formula is C17H19ClN2O3S2. The van der Waals surface area contributed by atoms with E-state index >= 15 is 0 Å². The Balaban J connectivity index is 1.83. The van der Waals surface area contributed by atoms with Crippen LogP contribution in [0.2, 0.25) is 4.34 Å². The van der Waals surface area contributed by atoms with Crippen LogP contribution in [0, 0.1) is 6.92 Å². The van der Waals surface area contributed by atoms with E-state index in [0.717, 1.165) is 29.7 Å². The summed E-state index contributed by atoms with van der Waals surface area (Å²) in [6.45, 7) is 2.30. The fourth-order valence-corrected chi connectivity index (χ4v) is 6.14. The topological polar surface area (TPSA) is 66.5 Å². The van der Waals surface area contributed by atoms with E-state index in [1.807, 2.05) is 31.2 Å². The van der Waals surface area contributed by atoms with Crippen LogP contribution < -0.4 is 5.32 Å². The molecule has 0 radical (unpaired) electrons. The van der Waals surface area contributed by atoms with Gasteiger partial charge in [0.2, 0.25) is 5.91 Å². The van der Waals surface area contributed by atoms with E-state index in [-0.39, 0.29) is 10.1 Å². The molecule has 1 unspecified atom stereocenters. The molecule has 134 valence electrons. The number of hydrogen-bond donors (Lipinski definition) is 1. The molecule has 1 saturated heterocycles. The number of rotatable bonds is 4. The maximum Gasteiger partial charge on any atom is 0.253 e. The van der Waals surface area contributed by atoms with Gasteiger partial charge in [0.25, 0.3) is 10.0 Å². The molecule has 8 heteroatoms. The van der Waals surface area contributed by atoms with E-state index < -0.39 is 16.1 Å². The monoisotopic (exact) mass is 398 g/mol. The molecule has 1 aliphatic rings. The lowest BCUT2D eigenvalue weighted by Crippen LogP contribution is -2.49. The predicted molar refractivity (Wildman–Crippen MR) is 101 cm³/mol. The lowest BCUT2D eigenvalue weighted by atomic mass is 10.0. The SMILES string of the molecule is Cc1ccc(NC(=O)C2CCCCN2S(=O)(=O)c2ccc(Cl)s2)cc1. The number of benzene rings is 1. The summed E-state index contributed by atoms with van der Waals surface area (Å²) in [6, 6.07) is 9.77. The quantitative estimate of drug-likeness (QED) is 0.849. The summed E-state index contributed by atoms with van der Waals surface area (Å²) < 4.78 is 27.7. The number of amides is 1. The van der Waals surface area contributed by atoms with Crippen LogP contribution in [0.1, 0.15) is 24.8 Å². The number of aryl methyl sites for hydroxylation is 1. The van der Waals surface area contributed by atoms with Crippen molar-refractivity contribution < 1.29 is 13.2 Å². The molecule has 1 N–H and O–H groups in total. The van der Waals surface area contributed by atoms with Crippen molar-refractivity contribution in [3.05, 3.63) is 46.3 Å². The largest absolute Gasteiger partial charge is 0.325 e. The molecule has 5 nitrogen and oxygen atoms in total. The molecule has 0 spiro atoms. The first-order valence-corrected chi connectivity index (χ1v) is 10.7. The van der Waals surface area contributed by atoms with Gasteiger partial charge in [-0.2, -0.15) is 4.31 Å². The van der Waals surface area contributed by atoms with Gasteiger partial charge in [-0.1, -0.05) is 35.7 Å². The second-order valence-corrected chi connectivity index (χ2v) is 9.87. The van der Waals surface area contributed by atoms with Gasteiger partial charge in [0.15, 0.2) is 0 Å². The van der Waals surface area contributed by atoms with Crippen LogP contribution in [0.3, 0.4) is 0 Å². The predicted octanol–water partition coefficient (Wildman–Crippen LogP) is 3.89. The molecule has 1 aromatic carbocycles. The Bertz CT molecular complexity index is 862. The summed E-state index contributed by atoms with van der Waals surface area (Å²) in [5.74, 6) is -0.296. The Labute approximate surface area is 156 Å². The average Bonchev–Trinajstić information content (AvgIpc) is 3.04. The number of sulfonamides is 1. The van der Waals surface area contributed by atoms with Gasteiger partial charge in [0, 0.05) is 12.2 Å². The molecule has 2 aromatic rings. The van der Waals surface area contributed by atoms with Gasteiger partial charge in [-0.3, -0.25) is 4.79 Å². The Morgan fingerprint density at radius 1 is 1.20 bits per heavy atom. The molecule has 25 heavy (non-hydrogen) atoms. The Morgan fingerprint density at radius 2 is 1.92 bits per heavy atom. The second-order valence-electron chi connectivity index (χ2n) is 6.04.